The molecule has 0 bridgehead atoms. The number of pyridine rings is 1. The molecule has 0 amide bonds. The van der Waals surface area contributed by atoms with E-state index >= 15 is 0 Å². The molecule has 2 atom stereocenters. The van der Waals surface area contributed by atoms with Crippen LogP contribution in [0.4, 0.5) is 0 Å². The molecule has 0 saturated heterocycles. The van der Waals surface area contributed by atoms with Crippen molar-refractivity contribution < 1.29 is 14.6 Å². The van der Waals surface area contributed by atoms with Gasteiger partial charge in [0.15, 0.2) is 0 Å². The third kappa shape index (κ3) is 1.82. The van der Waals surface area contributed by atoms with Gasteiger partial charge in [-0.3, -0.25) is 9.78 Å². The van der Waals surface area contributed by atoms with Gasteiger partial charge in [0.25, 0.3) is 0 Å². The number of allylic oxidation sites excluding steroid dienone is 1. The number of nitrogens with zero attached hydrogens (tertiary/aromatic N) is 1. The molecule has 1 heterocycles. The Morgan fingerprint density at radius 1 is 1.56 bits per heavy atom. The minimum atomic E-state index is -1.01. The van der Waals surface area contributed by atoms with Gasteiger partial charge in [-0.25, -0.2) is 0 Å². The molecule has 0 saturated carbocycles. The molecule has 4 heteroatoms. The topological polar surface area (TPSA) is 59.4 Å². The molecule has 1 aliphatic rings. The first-order valence-electron chi connectivity index (χ1n) is 6.05. The van der Waals surface area contributed by atoms with Gasteiger partial charge in [0.1, 0.15) is 5.41 Å². The maximum atomic E-state index is 12.3. The lowest BCUT2D eigenvalue weighted by atomic mass is 9.76. The fourth-order valence-electron chi connectivity index (χ4n) is 2.43. The highest BCUT2D eigenvalue weighted by Gasteiger charge is 2.51. The molecule has 96 valence electrons. The highest BCUT2D eigenvalue weighted by Crippen LogP contribution is 2.41. The zero-order chi connectivity index (χ0) is 13.2. The predicted octanol–water partition coefficient (Wildman–Crippen LogP) is 1.59. The number of aromatic nitrogens is 1. The van der Waals surface area contributed by atoms with E-state index in [1.807, 2.05) is 13.0 Å². The number of carbonyl (C=O) groups is 1. The van der Waals surface area contributed by atoms with Crippen LogP contribution in [0.1, 0.15) is 25.8 Å². The number of ether oxygens (including phenoxy) is 1. The van der Waals surface area contributed by atoms with Gasteiger partial charge in [-0.05, 0) is 43.5 Å². The Bertz CT molecular complexity index is 469. The van der Waals surface area contributed by atoms with Gasteiger partial charge < -0.3 is 9.84 Å². The Balaban J connectivity index is 2.46. The lowest BCUT2D eigenvalue weighted by Crippen LogP contribution is -2.45. The number of carbonyl (C=O) groups excluding carboxylic acids is 1. The van der Waals surface area contributed by atoms with Gasteiger partial charge in [0, 0.05) is 12.4 Å². The predicted molar refractivity (Wildman–Crippen MR) is 66.9 cm³/mol. The lowest BCUT2D eigenvalue weighted by Gasteiger charge is -2.31. The van der Waals surface area contributed by atoms with Crippen LogP contribution in [0.5, 0.6) is 0 Å². The number of aliphatic hydroxyl groups excluding tert-OH is 1. The molecule has 2 rings (SSSR count). The molecule has 0 spiro atoms. The highest BCUT2D eigenvalue weighted by atomic mass is 16.5. The molecule has 0 aliphatic heterocycles. The van der Waals surface area contributed by atoms with Crippen LogP contribution in [0, 0.1) is 0 Å². The van der Waals surface area contributed by atoms with Crippen LogP contribution in [-0.2, 0) is 14.9 Å². The molecule has 0 radical (unpaired) electrons. The Kier molecular flexibility index (Phi) is 3.48. The second kappa shape index (κ2) is 4.90. The average Bonchev–Trinajstić information content (AvgIpc) is 2.69. The van der Waals surface area contributed by atoms with Crippen molar-refractivity contribution in [2.45, 2.75) is 31.8 Å². The zero-order valence-corrected chi connectivity index (χ0v) is 10.6. The number of hydrogen-bond donors (Lipinski definition) is 1. The fraction of sp³-hybridized carbons (Fsp3) is 0.429. The van der Waals surface area contributed by atoms with Crippen molar-refractivity contribution in [3.05, 3.63) is 41.7 Å². The standard InChI is InChI=1S/C14H17NO3/c1-3-18-13(17)14(7-4-10(2)12(14)16)11-5-8-15-9-6-11/h4-6,8-9,12,16H,3,7H2,1-2H3/t12-,14-/m1/s1. The number of aliphatic hydroxyl groups is 1. The molecule has 1 N–H and O–H groups in total. The molecule has 0 aromatic carbocycles. The molecule has 1 aromatic rings. The third-order valence-corrected chi connectivity index (χ3v) is 3.48. The van der Waals surface area contributed by atoms with E-state index in [2.05, 4.69) is 4.98 Å². The van der Waals surface area contributed by atoms with Crippen LogP contribution in [0.2, 0.25) is 0 Å². The Morgan fingerprint density at radius 3 is 2.72 bits per heavy atom. The summed E-state index contributed by atoms with van der Waals surface area (Å²) in [6.45, 7) is 3.89. The second-order valence-corrected chi connectivity index (χ2v) is 4.48. The number of rotatable bonds is 3. The van der Waals surface area contributed by atoms with E-state index in [1.54, 1.807) is 31.5 Å². The van der Waals surface area contributed by atoms with Crippen molar-refractivity contribution in [1.82, 2.24) is 4.98 Å². The largest absolute Gasteiger partial charge is 0.465 e. The number of hydrogen-bond acceptors (Lipinski definition) is 4. The summed E-state index contributed by atoms with van der Waals surface area (Å²) < 4.78 is 5.15. The van der Waals surface area contributed by atoms with Gasteiger partial charge >= 0.3 is 5.97 Å². The summed E-state index contributed by atoms with van der Waals surface area (Å²) in [6.07, 6.45) is 4.76. The summed E-state index contributed by atoms with van der Waals surface area (Å²) in [7, 11) is 0. The Hall–Kier alpha value is -1.68. The van der Waals surface area contributed by atoms with Crippen molar-refractivity contribution in [3.8, 4) is 0 Å². The first-order chi connectivity index (χ1) is 8.63. The average molecular weight is 247 g/mol. The monoisotopic (exact) mass is 247 g/mol. The molecule has 1 aromatic heterocycles. The van der Waals surface area contributed by atoms with E-state index in [0.29, 0.717) is 13.0 Å². The van der Waals surface area contributed by atoms with E-state index in [-0.39, 0.29) is 5.97 Å². The molecule has 0 unspecified atom stereocenters. The number of esters is 1. The summed E-state index contributed by atoms with van der Waals surface area (Å²) >= 11 is 0. The van der Waals surface area contributed by atoms with Crippen molar-refractivity contribution in [3.63, 3.8) is 0 Å². The van der Waals surface area contributed by atoms with E-state index in [0.717, 1.165) is 11.1 Å². The summed E-state index contributed by atoms with van der Waals surface area (Å²) in [5, 5.41) is 10.4. The van der Waals surface area contributed by atoms with Crippen molar-refractivity contribution in [1.29, 1.82) is 0 Å². The minimum Gasteiger partial charge on any atom is -0.465 e. The van der Waals surface area contributed by atoms with Crippen molar-refractivity contribution in [2.24, 2.45) is 0 Å². The van der Waals surface area contributed by atoms with E-state index in [4.69, 9.17) is 4.74 Å². The first kappa shape index (κ1) is 12.8. The van der Waals surface area contributed by atoms with Crippen LogP contribution in [-0.4, -0.2) is 28.8 Å². The molecule has 18 heavy (non-hydrogen) atoms. The van der Waals surface area contributed by atoms with Crippen LogP contribution in [0.25, 0.3) is 0 Å². The first-order valence-corrected chi connectivity index (χ1v) is 6.05. The summed E-state index contributed by atoms with van der Waals surface area (Å²) in [6, 6.07) is 3.51. The third-order valence-electron chi connectivity index (χ3n) is 3.48. The summed E-state index contributed by atoms with van der Waals surface area (Å²) in [5.41, 5.74) is 0.541. The summed E-state index contributed by atoms with van der Waals surface area (Å²) in [5.74, 6) is -0.378. The van der Waals surface area contributed by atoms with E-state index in [1.165, 1.54) is 0 Å². The second-order valence-electron chi connectivity index (χ2n) is 4.48. The minimum absolute atomic E-state index is 0.303. The SMILES string of the molecule is CCOC(=O)[C@@]1(c2ccncc2)CC=C(C)[C@H]1O. The van der Waals surface area contributed by atoms with Gasteiger partial charge in [0.2, 0.25) is 0 Å². The van der Waals surface area contributed by atoms with Crippen molar-refractivity contribution >= 4 is 5.97 Å². The Labute approximate surface area is 106 Å². The van der Waals surface area contributed by atoms with E-state index < -0.39 is 11.5 Å². The lowest BCUT2D eigenvalue weighted by molar-refractivity contribution is -0.153. The molecule has 1 aliphatic carbocycles. The molecule has 4 nitrogen and oxygen atoms in total. The quantitative estimate of drug-likeness (QED) is 0.651. The van der Waals surface area contributed by atoms with Gasteiger partial charge in [0.05, 0.1) is 12.7 Å². The maximum absolute atomic E-state index is 12.3. The molecular weight excluding hydrogens is 230 g/mol. The maximum Gasteiger partial charge on any atom is 0.319 e. The van der Waals surface area contributed by atoms with Gasteiger partial charge in [-0.2, -0.15) is 0 Å². The van der Waals surface area contributed by atoms with Crippen LogP contribution in [0.15, 0.2) is 36.2 Å². The van der Waals surface area contributed by atoms with Crippen LogP contribution in [0.3, 0.4) is 0 Å². The molecule has 0 fully saturated rings. The van der Waals surface area contributed by atoms with Crippen molar-refractivity contribution in [2.75, 3.05) is 6.61 Å². The van der Waals surface area contributed by atoms with Gasteiger partial charge in [-0.15, -0.1) is 0 Å². The highest BCUT2D eigenvalue weighted by molar-refractivity contribution is 5.86. The fourth-order valence-corrected chi connectivity index (χ4v) is 2.43. The van der Waals surface area contributed by atoms with E-state index in [9.17, 15) is 9.90 Å². The Morgan fingerprint density at radius 2 is 2.22 bits per heavy atom. The normalized spacial score (nSPS) is 26.8. The zero-order valence-electron chi connectivity index (χ0n) is 10.6. The van der Waals surface area contributed by atoms with Gasteiger partial charge in [-0.1, -0.05) is 6.08 Å². The van der Waals surface area contributed by atoms with Crippen LogP contribution >= 0.6 is 0 Å². The summed E-state index contributed by atoms with van der Waals surface area (Å²) in [4.78, 5) is 16.2. The van der Waals surface area contributed by atoms with Crippen LogP contribution < -0.4 is 0 Å². The smallest absolute Gasteiger partial charge is 0.319 e. The molecular formula is C14H17NO3.